The number of anilines is 1. The third-order valence-electron chi connectivity index (χ3n) is 3.29. The lowest BCUT2D eigenvalue weighted by Gasteiger charge is -2.29. The summed E-state index contributed by atoms with van der Waals surface area (Å²) in [4.78, 5) is 27.8. The van der Waals surface area contributed by atoms with Gasteiger partial charge in [0.2, 0.25) is 5.91 Å². The Hall–Kier alpha value is -2.04. The van der Waals surface area contributed by atoms with Crippen molar-refractivity contribution in [2.45, 2.75) is 38.8 Å². The Kier molecular flexibility index (Phi) is 3.94. The summed E-state index contributed by atoms with van der Waals surface area (Å²) < 4.78 is 5.45. The Labute approximate surface area is 125 Å². The highest BCUT2D eigenvalue weighted by Gasteiger charge is 2.40. The first-order valence-corrected chi connectivity index (χ1v) is 7.02. The van der Waals surface area contributed by atoms with Gasteiger partial charge >= 0.3 is 6.09 Å². The number of ether oxygens (including phenoxy) is 1. The molecule has 1 aliphatic rings. The standard InChI is InChI=1S/C16H22N2O3/c1-16(2,3)21-15(20)18-12-9-7-6-8-11(12)10-13(18)14(19)17(4)5/h6-9,13H,10H2,1-5H3. The molecule has 0 spiro atoms. The summed E-state index contributed by atoms with van der Waals surface area (Å²) in [5.41, 5.74) is 1.15. The summed E-state index contributed by atoms with van der Waals surface area (Å²) in [6.07, 6.45) is 0.0412. The number of fused-ring (bicyclic) bond motifs is 1. The number of likely N-dealkylation sites (N-methyl/N-ethyl adjacent to an activating group) is 1. The maximum atomic E-state index is 12.5. The van der Waals surface area contributed by atoms with Gasteiger partial charge in [0.25, 0.3) is 0 Å². The lowest BCUT2D eigenvalue weighted by molar-refractivity contribution is -0.130. The van der Waals surface area contributed by atoms with Crippen molar-refractivity contribution in [3.63, 3.8) is 0 Å². The van der Waals surface area contributed by atoms with Gasteiger partial charge < -0.3 is 9.64 Å². The van der Waals surface area contributed by atoms with Gasteiger partial charge in [-0.2, -0.15) is 0 Å². The van der Waals surface area contributed by atoms with Gasteiger partial charge in [0.15, 0.2) is 0 Å². The van der Waals surface area contributed by atoms with Crippen LogP contribution in [0, 0.1) is 0 Å². The van der Waals surface area contributed by atoms with Crippen LogP contribution in [0.1, 0.15) is 26.3 Å². The zero-order chi connectivity index (χ0) is 15.8. The fourth-order valence-corrected chi connectivity index (χ4v) is 2.42. The first kappa shape index (κ1) is 15.4. The van der Waals surface area contributed by atoms with Gasteiger partial charge in [-0.1, -0.05) is 18.2 Å². The largest absolute Gasteiger partial charge is 0.443 e. The van der Waals surface area contributed by atoms with Crippen molar-refractivity contribution in [2.24, 2.45) is 0 Å². The molecular formula is C16H22N2O3. The topological polar surface area (TPSA) is 49.9 Å². The van der Waals surface area contributed by atoms with Crippen molar-refractivity contribution in [1.82, 2.24) is 4.90 Å². The van der Waals surface area contributed by atoms with Gasteiger partial charge in [0.1, 0.15) is 11.6 Å². The molecule has 1 aliphatic heterocycles. The molecule has 0 bridgehead atoms. The van der Waals surface area contributed by atoms with E-state index in [2.05, 4.69) is 0 Å². The molecule has 1 atom stereocenters. The fourth-order valence-electron chi connectivity index (χ4n) is 2.42. The fraction of sp³-hybridized carbons (Fsp3) is 0.500. The van der Waals surface area contributed by atoms with Crippen LogP contribution in [0.4, 0.5) is 10.5 Å². The number of amides is 2. The van der Waals surface area contributed by atoms with E-state index in [1.54, 1.807) is 14.1 Å². The van der Waals surface area contributed by atoms with E-state index in [0.717, 1.165) is 11.3 Å². The van der Waals surface area contributed by atoms with E-state index < -0.39 is 17.7 Å². The quantitative estimate of drug-likeness (QED) is 0.798. The SMILES string of the molecule is CN(C)C(=O)C1Cc2ccccc2N1C(=O)OC(C)(C)C. The summed E-state index contributed by atoms with van der Waals surface area (Å²) in [6.45, 7) is 5.45. The van der Waals surface area contributed by atoms with Crippen LogP contribution in [0.2, 0.25) is 0 Å². The van der Waals surface area contributed by atoms with Crippen LogP contribution < -0.4 is 4.90 Å². The molecule has 114 valence electrons. The Balaban J connectivity index is 2.36. The molecule has 21 heavy (non-hydrogen) atoms. The Morgan fingerprint density at radius 2 is 1.86 bits per heavy atom. The molecule has 0 radical (unpaired) electrons. The third-order valence-corrected chi connectivity index (χ3v) is 3.29. The van der Waals surface area contributed by atoms with E-state index in [1.807, 2.05) is 45.0 Å². The summed E-state index contributed by atoms with van der Waals surface area (Å²) in [5.74, 6) is -0.0999. The number of hydrogen-bond acceptors (Lipinski definition) is 3. The first-order chi connectivity index (χ1) is 9.70. The molecule has 0 saturated carbocycles. The zero-order valence-electron chi connectivity index (χ0n) is 13.2. The van der Waals surface area contributed by atoms with Gasteiger partial charge in [0.05, 0.1) is 5.69 Å². The lowest BCUT2D eigenvalue weighted by atomic mass is 10.1. The second kappa shape index (κ2) is 5.39. The molecule has 2 amide bonds. The molecular weight excluding hydrogens is 268 g/mol. The van der Waals surface area contributed by atoms with Gasteiger partial charge in [-0.3, -0.25) is 9.69 Å². The summed E-state index contributed by atoms with van der Waals surface area (Å²) in [6, 6.07) is 7.03. The first-order valence-electron chi connectivity index (χ1n) is 7.02. The molecule has 5 heteroatoms. The van der Waals surface area contributed by atoms with E-state index >= 15 is 0 Å². The van der Waals surface area contributed by atoms with Crippen LogP contribution in [0.15, 0.2) is 24.3 Å². The van der Waals surface area contributed by atoms with E-state index in [1.165, 1.54) is 9.80 Å². The summed E-state index contributed by atoms with van der Waals surface area (Å²) >= 11 is 0. The molecule has 0 aliphatic carbocycles. The predicted octanol–water partition coefficient (Wildman–Crippen LogP) is 2.44. The Morgan fingerprint density at radius 1 is 1.24 bits per heavy atom. The third kappa shape index (κ3) is 3.17. The number of carbonyl (C=O) groups excluding carboxylic acids is 2. The number of carbonyl (C=O) groups is 2. The van der Waals surface area contributed by atoms with E-state index in [9.17, 15) is 9.59 Å². The zero-order valence-corrected chi connectivity index (χ0v) is 13.2. The van der Waals surface area contributed by atoms with Crippen LogP contribution >= 0.6 is 0 Å². The lowest BCUT2D eigenvalue weighted by Crippen LogP contribution is -2.49. The van der Waals surface area contributed by atoms with Crippen molar-refractivity contribution >= 4 is 17.7 Å². The van der Waals surface area contributed by atoms with E-state index in [0.29, 0.717) is 6.42 Å². The van der Waals surface area contributed by atoms with Crippen molar-refractivity contribution in [3.8, 4) is 0 Å². The Bertz CT molecular complexity index is 561. The highest BCUT2D eigenvalue weighted by Crippen LogP contribution is 2.33. The minimum Gasteiger partial charge on any atom is -0.443 e. The molecule has 2 rings (SSSR count). The molecule has 1 heterocycles. The van der Waals surface area contributed by atoms with Crippen LogP contribution in [-0.2, 0) is 16.0 Å². The number of benzene rings is 1. The minimum atomic E-state index is -0.597. The molecule has 0 saturated heterocycles. The molecule has 0 aromatic heterocycles. The van der Waals surface area contributed by atoms with Crippen molar-refractivity contribution in [1.29, 1.82) is 0 Å². The highest BCUT2D eigenvalue weighted by molar-refractivity contribution is 6.00. The monoisotopic (exact) mass is 290 g/mol. The van der Waals surface area contributed by atoms with Crippen molar-refractivity contribution in [3.05, 3.63) is 29.8 Å². The smallest absolute Gasteiger partial charge is 0.415 e. The van der Waals surface area contributed by atoms with Gasteiger partial charge in [-0.05, 0) is 32.4 Å². The van der Waals surface area contributed by atoms with Gasteiger partial charge in [0, 0.05) is 20.5 Å². The van der Waals surface area contributed by atoms with Crippen molar-refractivity contribution in [2.75, 3.05) is 19.0 Å². The maximum absolute atomic E-state index is 12.5. The molecule has 1 aromatic rings. The highest BCUT2D eigenvalue weighted by atomic mass is 16.6. The molecule has 1 aromatic carbocycles. The molecule has 1 unspecified atom stereocenters. The number of para-hydroxylation sites is 1. The summed E-state index contributed by atoms with van der Waals surface area (Å²) in [7, 11) is 3.39. The molecule has 5 nitrogen and oxygen atoms in total. The predicted molar refractivity (Wildman–Crippen MR) is 81.3 cm³/mol. The Morgan fingerprint density at radius 3 is 2.43 bits per heavy atom. The number of rotatable bonds is 1. The van der Waals surface area contributed by atoms with E-state index in [-0.39, 0.29) is 5.91 Å². The van der Waals surface area contributed by atoms with Crippen LogP contribution in [0.5, 0.6) is 0 Å². The molecule has 0 fully saturated rings. The average Bonchev–Trinajstić information content (AvgIpc) is 2.74. The van der Waals surface area contributed by atoms with Crippen molar-refractivity contribution < 1.29 is 14.3 Å². The van der Waals surface area contributed by atoms with Crippen LogP contribution in [0.25, 0.3) is 0 Å². The second-order valence-corrected chi connectivity index (χ2v) is 6.43. The molecule has 0 N–H and O–H groups in total. The average molecular weight is 290 g/mol. The summed E-state index contributed by atoms with van der Waals surface area (Å²) in [5, 5.41) is 0. The number of hydrogen-bond donors (Lipinski definition) is 0. The van der Waals surface area contributed by atoms with E-state index in [4.69, 9.17) is 4.74 Å². The van der Waals surface area contributed by atoms with Crippen LogP contribution in [0.3, 0.4) is 0 Å². The second-order valence-electron chi connectivity index (χ2n) is 6.43. The van der Waals surface area contributed by atoms with Gasteiger partial charge in [-0.25, -0.2) is 4.79 Å². The number of nitrogens with zero attached hydrogens (tertiary/aromatic N) is 2. The minimum absolute atomic E-state index is 0.0999. The van der Waals surface area contributed by atoms with Gasteiger partial charge in [-0.15, -0.1) is 0 Å². The normalized spacial score (nSPS) is 17.4. The van der Waals surface area contributed by atoms with Crippen LogP contribution in [-0.4, -0.2) is 42.6 Å². The maximum Gasteiger partial charge on any atom is 0.415 e.